The van der Waals surface area contributed by atoms with Crippen molar-refractivity contribution < 1.29 is 13.2 Å². The molecule has 0 saturated carbocycles. The Labute approximate surface area is 133 Å². The van der Waals surface area contributed by atoms with Gasteiger partial charge in [0.15, 0.2) is 17.5 Å². The summed E-state index contributed by atoms with van der Waals surface area (Å²) in [5, 5.41) is 0. The fourth-order valence-electron chi connectivity index (χ4n) is 2.62. The number of benzene rings is 3. The average molecular weight is 312 g/mol. The van der Waals surface area contributed by atoms with E-state index in [1.165, 1.54) is 5.56 Å². The molecular weight excluding hydrogens is 297 g/mol. The van der Waals surface area contributed by atoms with Crippen LogP contribution in [0.15, 0.2) is 66.7 Å². The molecule has 116 valence electrons. The van der Waals surface area contributed by atoms with Crippen LogP contribution < -0.4 is 0 Å². The Balaban J connectivity index is 1.91. The van der Waals surface area contributed by atoms with Gasteiger partial charge in [-0.3, -0.25) is 0 Å². The highest BCUT2D eigenvalue weighted by Gasteiger charge is 2.12. The van der Waals surface area contributed by atoms with Crippen LogP contribution in [0.4, 0.5) is 13.2 Å². The summed E-state index contributed by atoms with van der Waals surface area (Å²) < 4.78 is 39.7. The normalized spacial score (nSPS) is 12.2. The Morgan fingerprint density at radius 3 is 1.74 bits per heavy atom. The first-order valence-electron chi connectivity index (χ1n) is 7.36. The highest BCUT2D eigenvalue weighted by atomic mass is 19.2. The van der Waals surface area contributed by atoms with E-state index in [4.69, 9.17) is 0 Å². The van der Waals surface area contributed by atoms with Crippen LogP contribution in [0.2, 0.25) is 0 Å². The lowest BCUT2D eigenvalue weighted by Gasteiger charge is -2.13. The van der Waals surface area contributed by atoms with Gasteiger partial charge < -0.3 is 0 Å². The lowest BCUT2D eigenvalue weighted by molar-refractivity contribution is 0.448. The van der Waals surface area contributed by atoms with Crippen LogP contribution in [0, 0.1) is 17.5 Å². The van der Waals surface area contributed by atoms with Gasteiger partial charge in [0.1, 0.15) is 0 Å². The van der Waals surface area contributed by atoms with Gasteiger partial charge in [0.25, 0.3) is 0 Å². The maximum Gasteiger partial charge on any atom is 0.194 e. The molecular formula is C20H15F3. The summed E-state index contributed by atoms with van der Waals surface area (Å²) in [7, 11) is 0. The van der Waals surface area contributed by atoms with Crippen LogP contribution in [0.5, 0.6) is 0 Å². The summed E-state index contributed by atoms with van der Waals surface area (Å²) >= 11 is 0. The van der Waals surface area contributed by atoms with E-state index in [2.05, 4.69) is 19.1 Å². The van der Waals surface area contributed by atoms with Crippen molar-refractivity contribution in [2.24, 2.45) is 0 Å². The van der Waals surface area contributed by atoms with Gasteiger partial charge >= 0.3 is 0 Å². The molecule has 0 aliphatic heterocycles. The maximum absolute atomic E-state index is 13.3. The zero-order valence-corrected chi connectivity index (χ0v) is 12.6. The molecule has 1 atom stereocenters. The molecule has 23 heavy (non-hydrogen) atoms. The van der Waals surface area contributed by atoms with Crippen molar-refractivity contribution in [1.29, 1.82) is 0 Å². The molecule has 0 radical (unpaired) electrons. The third-order valence-corrected chi connectivity index (χ3v) is 4.03. The van der Waals surface area contributed by atoms with Crippen molar-refractivity contribution in [3.8, 4) is 11.1 Å². The van der Waals surface area contributed by atoms with Crippen LogP contribution >= 0.6 is 0 Å². The van der Waals surface area contributed by atoms with E-state index < -0.39 is 17.5 Å². The third-order valence-electron chi connectivity index (χ3n) is 4.03. The van der Waals surface area contributed by atoms with Gasteiger partial charge in [-0.2, -0.15) is 0 Å². The molecule has 0 bridgehead atoms. The monoisotopic (exact) mass is 312 g/mol. The predicted octanol–water partition coefficient (Wildman–Crippen LogP) is 5.92. The number of rotatable bonds is 3. The zero-order chi connectivity index (χ0) is 16.4. The largest absolute Gasteiger partial charge is 0.204 e. The minimum absolute atomic E-state index is 0.215. The van der Waals surface area contributed by atoms with E-state index in [0.717, 1.165) is 17.7 Å². The second kappa shape index (κ2) is 6.29. The van der Waals surface area contributed by atoms with Crippen molar-refractivity contribution in [2.45, 2.75) is 12.8 Å². The molecule has 0 fully saturated rings. The predicted molar refractivity (Wildman–Crippen MR) is 85.7 cm³/mol. The Hall–Kier alpha value is -2.55. The van der Waals surface area contributed by atoms with E-state index >= 15 is 0 Å². The number of halogens is 3. The van der Waals surface area contributed by atoms with Gasteiger partial charge in [0.2, 0.25) is 0 Å². The van der Waals surface area contributed by atoms with Crippen molar-refractivity contribution >= 4 is 0 Å². The second-order valence-corrected chi connectivity index (χ2v) is 5.51. The fourth-order valence-corrected chi connectivity index (χ4v) is 2.62. The molecule has 0 aliphatic carbocycles. The van der Waals surface area contributed by atoms with Gasteiger partial charge in [-0.15, -0.1) is 0 Å². The lowest BCUT2D eigenvalue weighted by Crippen LogP contribution is -1.96. The van der Waals surface area contributed by atoms with Gasteiger partial charge in [-0.1, -0.05) is 61.5 Å². The van der Waals surface area contributed by atoms with E-state index in [-0.39, 0.29) is 5.92 Å². The number of hydrogen-bond acceptors (Lipinski definition) is 0. The van der Waals surface area contributed by atoms with E-state index in [1.807, 2.05) is 30.3 Å². The summed E-state index contributed by atoms with van der Waals surface area (Å²) in [6.07, 6.45) is 0. The van der Waals surface area contributed by atoms with Crippen molar-refractivity contribution in [1.82, 2.24) is 0 Å². The van der Waals surface area contributed by atoms with Crippen molar-refractivity contribution in [3.05, 3.63) is 95.3 Å². The van der Waals surface area contributed by atoms with Crippen LogP contribution in [0.1, 0.15) is 24.0 Å². The molecule has 3 heteroatoms. The minimum atomic E-state index is -1.44. The van der Waals surface area contributed by atoms with Crippen LogP contribution in [-0.2, 0) is 0 Å². The molecule has 3 aromatic rings. The van der Waals surface area contributed by atoms with Gasteiger partial charge in [-0.05, 0) is 34.4 Å². The molecule has 0 amide bonds. The standard InChI is InChI=1S/C20H15F3/c1-13(14-5-3-2-4-6-14)15-7-9-16(10-8-15)17-11-18(21)20(23)19(22)12-17/h2-13H,1H3. The fraction of sp³-hybridized carbons (Fsp3) is 0.100. The molecule has 0 N–H and O–H groups in total. The molecule has 3 rings (SSSR count). The van der Waals surface area contributed by atoms with Gasteiger partial charge in [0.05, 0.1) is 0 Å². The number of hydrogen-bond donors (Lipinski definition) is 0. The first-order valence-corrected chi connectivity index (χ1v) is 7.36. The third kappa shape index (κ3) is 3.14. The summed E-state index contributed by atoms with van der Waals surface area (Å²) in [5.74, 6) is -3.58. The quantitative estimate of drug-likeness (QED) is 0.526. The summed E-state index contributed by atoms with van der Waals surface area (Å²) in [6, 6.07) is 19.5. The Morgan fingerprint density at radius 1 is 0.652 bits per heavy atom. The molecule has 0 nitrogen and oxygen atoms in total. The lowest BCUT2D eigenvalue weighted by atomic mass is 9.92. The Kier molecular flexibility index (Phi) is 4.20. The van der Waals surface area contributed by atoms with E-state index in [0.29, 0.717) is 11.1 Å². The van der Waals surface area contributed by atoms with E-state index in [1.54, 1.807) is 12.1 Å². The van der Waals surface area contributed by atoms with Crippen molar-refractivity contribution in [3.63, 3.8) is 0 Å². The highest BCUT2D eigenvalue weighted by molar-refractivity contribution is 5.64. The summed E-state index contributed by atoms with van der Waals surface area (Å²) in [4.78, 5) is 0. The van der Waals surface area contributed by atoms with Crippen LogP contribution in [-0.4, -0.2) is 0 Å². The van der Waals surface area contributed by atoms with Crippen LogP contribution in [0.25, 0.3) is 11.1 Å². The molecule has 0 saturated heterocycles. The first-order chi connectivity index (χ1) is 11.1. The first kappa shape index (κ1) is 15.3. The van der Waals surface area contributed by atoms with Crippen molar-refractivity contribution in [2.75, 3.05) is 0 Å². The molecule has 1 unspecified atom stereocenters. The smallest absolute Gasteiger partial charge is 0.194 e. The topological polar surface area (TPSA) is 0 Å². The molecule has 0 heterocycles. The molecule has 0 aromatic heterocycles. The SMILES string of the molecule is CC(c1ccccc1)c1ccc(-c2cc(F)c(F)c(F)c2)cc1. The average Bonchev–Trinajstić information content (AvgIpc) is 2.59. The van der Waals surface area contributed by atoms with Gasteiger partial charge in [-0.25, -0.2) is 13.2 Å². The molecule has 3 aromatic carbocycles. The molecule has 0 aliphatic rings. The minimum Gasteiger partial charge on any atom is -0.204 e. The summed E-state index contributed by atoms with van der Waals surface area (Å²) in [5.41, 5.74) is 3.26. The summed E-state index contributed by atoms with van der Waals surface area (Å²) in [6.45, 7) is 2.10. The maximum atomic E-state index is 13.3. The van der Waals surface area contributed by atoms with E-state index in [9.17, 15) is 13.2 Å². The zero-order valence-electron chi connectivity index (χ0n) is 12.6. The molecule has 0 spiro atoms. The van der Waals surface area contributed by atoms with Gasteiger partial charge in [0, 0.05) is 5.92 Å². The Morgan fingerprint density at radius 2 is 1.17 bits per heavy atom. The van der Waals surface area contributed by atoms with Crippen LogP contribution in [0.3, 0.4) is 0 Å². The second-order valence-electron chi connectivity index (χ2n) is 5.51. The highest BCUT2D eigenvalue weighted by Crippen LogP contribution is 2.28. The Bertz CT molecular complexity index is 785.